The van der Waals surface area contributed by atoms with Gasteiger partial charge in [-0.05, 0) is 36.8 Å². The van der Waals surface area contributed by atoms with Crippen LogP contribution < -0.4 is 4.74 Å². The molecule has 2 aromatic carbocycles. The van der Waals surface area contributed by atoms with E-state index < -0.39 is 0 Å². The number of nitrogens with zero attached hydrogens (tertiary/aromatic N) is 3. The van der Waals surface area contributed by atoms with Gasteiger partial charge in [-0.1, -0.05) is 35.5 Å². The topological polar surface area (TPSA) is 68.5 Å². The van der Waals surface area contributed by atoms with E-state index in [0.29, 0.717) is 30.4 Å². The SMILES string of the molecule is COc1ccc(C(=O)N2C[C@@H](c3ccccc3)[C@H](c3nc(C)no3)C2)cc1. The lowest BCUT2D eigenvalue weighted by Gasteiger charge is -2.17. The van der Waals surface area contributed by atoms with E-state index in [4.69, 9.17) is 9.26 Å². The molecule has 2 heterocycles. The largest absolute Gasteiger partial charge is 0.497 e. The average molecular weight is 363 g/mol. The van der Waals surface area contributed by atoms with Gasteiger partial charge in [-0.2, -0.15) is 4.98 Å². The number of amides is 1. The molecule has 0 aliphatic carbocycles. The highest BCUT2D eigenvalue weighted by Crippen LogP contribution is 2.39. The van der Waals surface area contributed by atoms with E-state index in [-0.39, 0.29) is 17.7 Å². The van der Waals surface area contributed by atoms with Gasteiger partial charge in [-0.3, -0.25) is 4.79 Å². The summed E-state index contributed by atoms with van der Waals surface area (Å²) in [5, 5.41) is 3.93. The van der Waals surface area contributed by atoms with Gasteiger partial charge in [0.1, 0.15) is 5.75 Å². The lowest BCUT2D eigenvalue weighted by Crippen LogP contribution is -2.28. The standard InChI is InChI=1S/C21H21N3O3/c1-14-22-20(27-23-14)19-13-24(12-18(19)15-6-4-3-5-7-15)21(25)16-8-10-17(26-2)11-9-16/h3-11,18-19H,12-13H2,1-2H3/t18-,19+/m0/s1. The van der Waals surface area contributed by atoms with Crippen LogP contribution in [0.15, 0.2) is 59.1 Å². The van der Waals surface area contributed by atoms with Gasteiger partial charge in [-0.15, -0.1) is 0 Å². The van der Waals surface area contributed by atoms with Crippen LogP contribution >= 0.6 is 0 Å². The fourth-order valence-corrected chi connectivity index (χ4v) is 3.64. The van der Waals surface area contributed by atoms with Crippen LogP contribution in [0.25, 0.3) is 0 Å². The second-order valence-corrected chi connectivity index (χ2v) is 6.74. The molecular weight excluding hydrogens is 342 g/mol. The molecule has 6 nitrogen and oxygen atoms in total. The molecule has 3 aromatic rings. The maximum absolute atomic E-state index is 13.0. The summed E-state index contributed by atoms with van der Waals surface area (Å²) in [4.78, 5) is 19.3. The summed E-state index contributed by atoms with van der Waals surface area (Å²) in [7, 11) is 1.61. The summed E-state index contributed by atoms with van der Waals surface area (Å²) in [6.45, 7) is 2.97. The molecule has 27 heavy (non-hydrogen) atoms. The van der Waals surface area contributed by atoms with Crippen LogP contribution in [0.1, 0.15) is 39.5 Å². The highest BCUT2D eigenvalue weighted by Gasteiger charge is 2.40. The zero-order chi connectivity index (χ0) is 18.8. The van der Waals surface area contributed by atoms with E-state index in [1.165, 1.54) is 5.56 Å². The van der Waals surface area contributed by atoms with Gasteiger partial charge >= 0.3 is 0 Å². The van der Waals surface area contributed by atoms with E-state index in [1.54, 1.807) is 38.3 Å². The predicted octanol–water partition coefficient (Wildman–Crippen LogP) is 3.41. The van der Waals surface area contributed by atoms with E-state index in [0.717, 1.165) is 5.75 Å². The minimum atomic E-state index is -0.0178. The van der Waals surface area contributed by atoms with Crippen LogP contribution in [-0.2, 0) is 0 Å². The van der Waals surface area contributed by atoms with Crippen LogP contribution in [0.5, 0.6) is 5.75 Å². The molecule has 4 rings (SSSR count). The molecule has 6 heteroatoms. The van der Waals surface area contributed by atoms with Crippen molar-refractivity contribution in [3.63, 3.8) is 0 Å². The highest BCUT2D eigenvalue weighted by atomic mass is 16.5. The molecule has 0 saturated carbocycles. The summed E-state index contributed by atoms with van der Waals surface area (Å²) in [5.41, 5.74) is 1.81. The fourth-order valence-electron chi connectivity index (χ4n) is 3.64. The van der Waals surface area contributed by atoms with Crippen molar-refractivity contribution in [1.29, 1.82) is 0 Å². The second-order valence-electron chi connectivity index (χ2n) is 6.74. The molecule has 1 aliphatic rings. The molecule has 1 fully saturated rings. The minimum absolute atomic E-state index is 0.00248. The van der Waals surface area contributed by atoms with Crippen LogP contribution in [-0.4, -0.2) is 41.1 Å². The van der Waals surface area contributed by atoms with Crippen LogP contribution in [0.3, 0.4) is 0 Å². The Hall–Kier alpha value is -3.15. The summed E-state index contributed by atoms with van der Waals surface area (Å²) < 4.78 is 10.6. The average Bonchev–Trinajstić information content (AvgIpc) is 3.34. The number of carbonyl (C=O) groups excluding carboxylic acids is 1. The van der Waals surface area contributed by atoms with Gasteiger partial charge in [0.15, 0.2) is 5.82 Å². The Morgan fingerprint density at radius 2 is 1.78 bits per heavy atom. The van der Waals surface area contributed by atoms with Crippen molar-refractivity contribution in [2.45, 2.75) is 18.8 Å². The molecule has 0 bridgehead atoms. The maximum Gasteiger partial charge on any atom is 0.253 e. The third kappa shape index (κ3) is 3.43. The first-order valence-electron chi connectivity index (χ1n) is 8.94. The molecule has 2 atom stereocenters. The fraction of sp³-hybridized carbons (Fsp3) is 0.286. The third-order valence-electron chi connectivity index (χ3n) is 5.03. The van der Waals surface area contributed by atoms with Crippen molar-refractivity contribution in [3.05, 3.63) is 77.4 Å². The first-order valence-corrected chi connectivity index (χ1v) is 8.94. The third-order valence-corrected chi connectivity index (χ3v) is 5.03. The molecule has 0 radical (unpaired) electrons. The maximum atomic E-state index is 13.0. The zero-order valence-electron chi connectivity index (χ0n) is 15.3. The first kappa shape index (κ1) is 17.3. The lowest BCUT2D eigenvalue weighted by atomic mass is 9.89. The molecule has 1 aliphatic heterocycles. The van der Waals surface area contributed by atoms with Gasteiger partial charge < -0.3 is 14.2 Å². The molecule has 138 valence electrons. The zero-order valence-corrected chi connectivity index (χ0v) is 15.3. The lowest BCUT2D eigenvalue weighted by molar-refractivity contribution is 0.0788. The first-order chi connectivity index (χ1) is 13.2. The second kappa shape index (κ2) is 7.23. The molecule has 0 N–H and O–H groups in total. The van der Waals surface area contributed by atoms with E-state index in [9.17, 15) is 4.79 Å². The van der Waals surface area contributed by atoms with Crippen LogP contribution in [0.2, 0.25) is 0 Å². The summed E-state index contributed by atoms with van der Waals surface area (Å²) in [6.07, 6.45) is 0. The van der Waals surface area contributed by atoms with Crippen molar-refractivity contribution in [2.75, 3.05) is 20.2 Å². The molecular formula is C21H21N3O3. The normalized spacial score (nSPS) is 19.3. The Morgan fingerprint density at radius 1 is 1.07 bits per heavy atom. The summed E-state index contributed by atoms with van der Waals surface area (Å²) in [6, 6.07) is 17.4. The van der Waals surface area contributed by atoms with E-state index in [1.807, 2.05) is 23.1 Å². The summed E-state index contributed by atoms with van der Waals surface area (Å²) in [5.74, 6) is 2.03. The molecule has 1 amide bonds. The number of ether oxygens (including phenoxy) is 1. The van der Waals surface area contributed by atoms with Gasteiger partial charge in [0.2, 0.25) is 5.89 Å². The molecule has 0 unspecified atom stereocenters. The Balaban J connectivity index is 1.62. The predicted molar refractivity (Wildman–Crippen MR) is 99.9 cm³/mol. The number of methoxy groups -OCH3 is 1. The van der Waals surface area contributed by atoms with E-state index >= 15 is 0 Å². The minimum Gasteiger partial charge on any atom is -0.497 e. The number of hydrogen-bond acceptors (Lipinski definition) is 5. The number of hydrogen-bond donors (Lipinski definition) is 0. The number of benzene rings is 2. The quantitative estimate of drug-likeness (QED) is 0.710. The Morgan fingerprint density at radius 3 is 2.41 bits per heavy atom. The van der Waals surface area contributed by atoms with E-state index in [2.05, 4.69) is 22.3 Å². The van der Waals surface area contributed by atoms with Crippen molar-refractivity contribution < 1.29 is 14.1 Å². The van der Waals surface area contributed by atoms with Crippen LogP contribution in [0.4, 0.5) is 0 Å². The number of rotatable bonds is 4. The van der Waals surface area contributed by atoms with Crippen molar-refractivity contribution in [2.24, 2.45) is 0 Å². The Bertz CT molecular complexity index is 921. The highest BCUT2D eigenvalue weighted by molar-refractivity contribution is 5.94. The Labute approximate surface area is 157 Å². The van der Waals surface area contributed by atoms with Crippen molar-refractivity contribution in [3.8, 4) is 5.75 Å². The van der Waals surface area contributed by atoms with Gasteiger partial charge in [0, 0.05) is 24.6 Å². The van der Waals surface area contributed by atoms with Crippen LogP contribution in [0, 0.1) is 6.92 Å². The smallest absolute Gasteiger partial charge is 0.253 e. The molecule has 1 saturated heterocycles. The van der Waals surface area contributed by atoms with Crippen molar-refractivity contribution in [1.82, 2.24) is 15.0 Å². The van der Waals surface area contributed by atoms with Crippen molar-refractivity contribution >= 4 is 5.91 Å². The Kier molecular flexibility index (Phi) is 4.62. The number of aryl methyl sites for hydroxylation is 1. The number of aromatic nitrogens is 2. The van der Waals surface area contributed by atoms with Gasteiger partial charge in [0.05, 0.1) is 13.0 Å². The van der Waals surface area contributed by atoms with Gasteiger partial charge in [-0.25, -0.2) is 0 Å². The monoisotopic (exact) mass is 363 g/mol. The number of carbonyl (C=O) groups is 1. The molecule has 1 aromatic heterocycles. The summed E-state index contributed by atoms with van der Waals surface area (Å²) >= 11 is 0. The molecule has 0 spiro atoms. The van der Waals surface area contributed by atoms with Gasteiger partial charge in [0.25, 0.3) is 5.91 Å². The number of likely N-dealkylation sites (tertiary alicyclic amines) is 1.